The van der Waals surface area contributed by atoms with Gasteiger partial charge in [-0.1, -0.05) is 42.5 Å². The Morgan fingerprint density at radius 3 is 2.42 bits per heavy atom. The van der Waals surface area contributed by atoms with Crippen LogP contribution in [0.1, 0.15) is 17.5 Å². The minimum atomic E-state index is -0.449. The Bertz CT molecular complexity index is 876. The third kappa shape index (κ3) is 3.23. The highest BCUT2D eigenvalue weighted by molar-refractivity contribution is 5.79. The molecule has 0 spiro atoms. The number of benzene rings is 2. The van der Waals surface area contributed by atoms with E-state index < -0.39 is 5.54 Å². The second-order valence-corrected chi connectivity index (χ2v) is 6.80. The van der Waals surface area contributed by atoms with Crippen LogP contribution in [0, 0.1) is 0 Å². The van der Waals surface area contributed by atoms with Crippen LogP contribution in [-0.2, 0) is 16.8 Å². The van der Waals surface area contributed by atoms with Gasteiger partial charge in [-0.2, -0.15) is 0 Å². The van der Waals surface area contributed by atoms with Gasteiger partial charge in [0.25, 0.3) is 0 Å². The number of nitrogens with zero attached hydrogens (tertiary/aromatic N) is 4. The molecule has 132 valence electrons. The summed E-state index contributed by atoms with van der Waals surface area (Å²) in [7, 11) is 0. The number of hydrogen-bond acceptors (Lipinski definition) is 4. The zero-order valence-electron chi connectivity index (χ0n) is 14.5. The molecule has 0 aliphatic carbocycles. The highest BCUT2D eigenvalue weighted by Crippen LogP contribution is 2.29. The lowest BCUT2D eigenvalue weighted by Crippen LogP contribution is -2.41. The smallest absolute Gasteiger partial charge is 0.227 e. The van der Waals surface area contributed by atoms with Crippen molar-refractivity contribution < 1.29 is 4.79 Å². The predicted octanol–water partition coefficient (Wildman–Crippen LogP) is 1.90. The summed E-state index contributed by atoms with van der Waals surface area (Å²) in [6, 6.07) is 17.9. The second kappa shape index (κ2) is 6.72. The molecular formula is C20H21N5O. The number of aromatic nitrogens is 3. The van der Waals surface area contributed by atoms with Crippen molar-refractivity contribution in [2.24, 2.45) is 5.73 Å². The van der Waals surface area contributed by atoms with E-state index in [4.69, 9.17) is 5.73 Å². The lowest BCUT2D eigenvalue weighted by atomic mass is 9.90. The molecule has 6 nitrogen and oxygen atoms in total. The van der Waals surface area contributed by atoms with E-state index in [9.17, 15) is 4.79 Å². The van der Waals surface area contributed by atoms with Gasteiger partial charge in [0.2, 0.25) is 5.91 Å². The van der Waals surface area contributed by atoms with Gasteiger partial charge in [0.15, 0.2) is 0 Å². The molecule has 2 aromatic carbocycles. The van der Waals surface area contributed by atoms with Crippen molar-refractivity contribution in [2.75, 3.05) is 13.1 Å². The van der Waals surface area contributed by atoms with Gasteiger partial charge in [-0.05, 0) is 29.7 Å². The number of rotatable bonds is 4. The van der Waals surface area contributed by atoms with Gasteiger partial charge in [-0.15, -0.1) is 10.2 Å². The fourth-order valence-corrected chi connectivity index (χ4v) is 3.46. The lowest BCUT2D eigenvalue weighted by molar-refractivity contribution is -0.129. The molecule has 0 bridgehead atoms. The van der Waals surface area contributed by atoms with E-state index in [0.29, 0.717) is 19.5 Å². The summed E-state index contributed by atoms with van der Waals surface area (Å²) >= 11 is 0. The van der Waals surface area contributed by atoms with E-state index >= 15 is 0 Å². The molecule has 1 aromatic heterocycles. The van der Waals surface area contributed by atoms with Gasteiger partial charge in [-0.3, -0.25) is 9.36 Å². The molecule has 1 aliphatic rings. The van der Waals surface area contributed by atoms with E-state index in [1.54, 1.807) is 12.7 Å². The molecule has 1 aliphatic heterocycles. The summed E-state index contributed by atoms with van der Waals surface area (Å²) in [5, 5.41) is 7.60. The number of likely N-dealkylation sites (tertiary alicyclic amines) is 1. The quantitative estimate of drug-likeness (QED) is 0.782. The lowest BCUT2D eigenvalue weighted by Gasteiger charge is -2.25. The summed E-state index contributed by atoms with van der Waals surface area (Å²) in [6.07, 6.45) is 4.46. The molecule has 1 atom stereocenters. The largest absolute Gasteiger partial charge is 0.340 e. The third-order valence-electron chi connectivity index (χ3n) is 5.01. The first-order valence-corrected chi connectivity index (χ1v) is 8.70. The molecule has 3 aromatic rings. The molecule has 1 saturated heterocycles. The van der Waals surface area contributed by atoms with Gasteiger partial charge < -0.3 is 10.6 Å². The fourth-order valence-electron chi connectivity index (χ4n) is 3.46. The van der Waals surface area contributed by atoms with Crippen LogP contribution in [-0.4, -0.2) is 38.7 Å². The molecule has 1 fully saturated rings. The Hall–Kier alpha value is -2.99. The van der Waals surface area contributed by atoms with Crippen molar-refractivity contribution >= 4 is 5.91 Å². The molecule has 1 unspecified atom stereocenters. The van der Waals surface area contributed by atoms with Gasteiger partial charge in [0, 0.05) is 18.8 Å². The number of amides is 1. The van der Waals surface area contributed by atoms with E-state index in [0.717, 1.165) is 23.2 Å². The van der Waals surface area contributed by atoms with E-state index in [2.05, 4.69) is 10.2 Å². The minimum absolute atomic E-state index is 0.116. The summed E-state index contributed by atoms with van der Waals surface area (Å²) in [5.41, 5.74) is 9.17. The first-order chi connectivity index (χ1) is 12.6. The molecule has 4 rings (SSSR count). The summed E-state index contributed by atoms with van der Waals surface area (Å²) < 4.78 is 1.83. The Morgan fingerprint density at radius 2 is 1.73 bits per heavy atom. The van der Waals surface area contributed by atoms with Crippen LogP contribution < -0.4 is 5.73 Å². The maximum Gasteiger partial charge on any atom is 0.227 e. The van der Waals surface area contributed by atoms with Crippen molar-refractivity contribution in [1.82, 2.24) is 19.7 Å². The Kier molecular flexibility index (Phi) is 4.26. The normalized spacial score (nSPS) is 19.7. The highest BCUT2D eigenvalue weighted by atomic mass is 16.2. The van der Waals surface area contributed by atoms with E-state index in [-0.39, 0.29) is 5.91 Å². The molecule has 0 saturated carbocycles. The summed E-state index contributed by atoms with van der Waals surface area (Å²) in [6.45, 7) is 1.26. The maximum atomic E-state index is 12.7. The molecule has 2 heterocycles. The zero-order valence-corrected chi connectivity index (χ0v) is 14.5. The van der Waals surface area contributed by atoms with Crippen molar-refractivity contribution in [3.63, 3.8) is 0 Å². The summed E-state index contributed by atoms with van der Waals surface area (Å²) in [4.78, 5) is 14.6. The monoisotopic (exact) mass is 347 g/mol. The Morgan fingerprint density at radius 1 is 1.04 bits per heavy atom. The number of carbonyl (C=O) groups is 1. The average molecular weight is 347 g/mol. The van der Waals surface area contributed by atoms with Gasteiger partial charge in [-0.25, -0.2) is 0 Å². The van der Waals surface area contributed by atoms with Crippen molar-refractivity contribution in [1.29, 1.82) is 0 Å². The van der Waals surface area contributed by atoms with E-state index in [1.165, 1.54) is 0 Å². The second-order valence-electron chi connectivity index (χ2n) is 6.80. The molecule has 6 heteroatoms. The molecule has 26 heavy (non-hydrogen) atoms. The van der Waals surface area contributed by atoms with Crippen molar-refractivity contribution in [2.45, 2.75) is 18.4 Å². The summed E-state index contributed by atoms with van der Waals surface area (Å²) in [5.74, 6) is 0.116. The van der Waals surface area contributed by atoms with Gasteiger partial charge >= 0.3 is 0 Å². The van der Waals surface area contributed by atoms with Crippen LogP contribution in [0.3, 0.4) is 0 Å². The molecule has 2 N–H and O–H groups in total. The van der Waals surface area contributed by atoms with Crippen LogP contribution >= 0.6 is 0 Å². The topological polar surface area (TPSA) is 77.0 Å². The first kappa shape index (κ1) is 16.5. The number of hydrogen-bond donors (Lipinski definition) is 1. The number of carbonyl (C=O) groups excluding carboxylic acids is 1. The first-order valence-electron chi connectivity index (χ1n) is 8.70. The molecular weight excluding hydrogens is 326 g/mol. The Labute approximate surface area is 152 Å². The van der Waals surface area contributed by atoms with Crippen LogP contribution in [0.2, 0.25) is 0 Å². The standard InChI is InChI=1S/C20H21N5O/c21-20(17-4-2-1-3-5-17)10-11-24(13-20)19(26)12-16-6-8-18(9-7-16)25-14-22-23-15-25/h1-9,14-15H,10-13,21H2. The van der Waals surface area contributed by atoms with Crippen molar-refractivity contribution in [3.8, 4) is 5.69 Å². The fraction of sp³-hybridized carbons (Fsp3) is 0.250. The SMILES string of the molecule is NC1(c2ccccc2)CCN(C(=O)Cc2ccc(-n3cnnc3)cc2)C1. The highest BCUT2D eigenvalue weighted by Gasteiger charge is 2.37. The Balaban J connectivity index is 1.41. The van der Waals surface area contributed by atoms with Crippen LogP contribution in [0.5, 0.6) is 0 Å². The van der Waals surface area contributed by atoms with Crippen LogP contribution in [0.25, 0.3) is 5.69 Å². The molecule has 1 amide bonds. The van der Waals surface area contributed by atoms with E-state index in [1.807, 2.05) is 64.1 Å². The number of nitrogens with two attached hydrogens (primary N) is 1. The predicted molar refractivity (Wildman–Crippen MR) is 98.6 cm³/mol. The van der Waals surface area contributed by atoms with Crippen LogP contribution in [0.4, 0.5) is 0 Å². The van der Waals surface area contributed by atoms with Gasteiger partial charge in [0.05, 0.1) is 12.0 Å². The average Bonchev–Trinajstić information content (AvgIpc) is 3.34. The minimum Gasteiger partial charge on any atom is -0.340 e. The van der Waals surface area contributed by atoms with Crippen molar-refractivity contribution in [3.05, 3.63) is 78.4 Å². The van der Waals surface area contributed by atoms with Crippen LogP contribution in [0.15, 0.2) is 67.3 Å². The third-order valence-corrected chi connectivity index (χ3v) is 5.01. The molecule has 0 radical (unpaired) electrons. The zero-order chi connectivity index (χ0) is 18.0. The maximum absolute atomic E-state index is 12.7. The van der Waals surface area contributed by atoms with Gasteiger partial charge in [0.1, 0.15) is 12.7 Å².